The fourth-order valence-corrected chi connectivity index (χ4v) is 5.99. The number of hydrogen-bond donors (Lipinski definition) is 4. The summed E-state index contributed by atoms with van der Waals surface area (Å²) in [6.45, 7) is 2.61. The molecule has 4 N–H and O–H groups in total. The first-order valence-electron chi connectivity index (χ1n) is 8.96. The molecule has 4 bridgehead atoms. The molecule has 4 aliphatic rings. The maximum atomic E-state index is 10.0. The minimum atomic E-state index is 0.185. The summed E-state index contributed by atoms with van der Waals surface area (Å²) in [5, 5.41) is 30.9. The summed E-state index contributed by atoms with van der Waals surface area (Å²) in [7, 11) is 0. The van der Waals surface area contributed by atoms with Gasteiger partial charge in [0.2, 0.25) is 0 Å². The van der Waals surface area contributed by atoms with E-state index in [1.807, 2.05) is 12.1 Å². The van der Waals surface area contributed by atoms with Gasteiger partial charge in [0.05, 0.1) is 6.04 Å². The molecule has 4 aliphatic heterocycles. The van der Waals surface area contributed by atoms with Crippen LogP contribution >= 0.6 is 0 Å². The van der Waals surface area contributed by atoms with Crippen LogP contribution in [-0.2, 0) is 6.42 Å². The first kappa shape index (κ1) is 14.8. The lowest BCUT2D eigenvalue weighted by Crippen LogP contribution is -2.67. The lowest BCUT2D eigenvalue weighted by molar-refractivity contribution is -0.154. The van der Waals surface area contributed by atoms with Crippen LogP contribution < -0.4 is 0 Å². The first-order chi connectivity index (χ1) is 11.6. The van der Waals surface area contributed by atoms with Crippen molar-refractivity contribution in [1.29, 1.82) is 0 Å². The van der Waals surface area contributed by atoms with Gasteiger partial charge in [-0.3, -0.25) is 4.90 Å². The smallest absolute Gasteiger partial charge is 0.116 e. The molecule has 1 aromatic carbocycles. The maximum Gasteiger partial charge on any atom is 0.116 e. The highest BCUT2D eigenvalue weighted by molar-refractivity contribution is 5.86. The zero-order valence-corrected chi connectivity index (χ0v) is 13.8. The maximum absolute atomic E-state index is 10.0. The molecular formula is C19H24N2O3. The van der Waals surface area contributed by atoms with E-state index in [0.717, 1.165) is 23.7 Å². The molecule has 3 fully saturated rings. The Kier molecular flexibility index (Phi) is 3.06. The number of nitrogens with one attached hydrogen (secondary N) is 1. The van der Waals surface area contributed by atoms with E-state index in [-0.39, 0.29) is 25.0 Å². The molecule has 6 rings (SSSR count). The third kappa shape index (κ3) is 1.70. The summed E-state index contributed by atoms with van der Waals surface area (Å²) in [5.41, 5.74) is 3.66. The Morgan fingerprint density at radius 1 is 1.21 bits per heavy atom. The van der Waals surface area contributed by atoms with Gasteiger partial charge in [0, 0.05) is 53.7 Å². The first-order valence-corrected chi connectivity index (χ1v) is 8.96. The number of nitrogens with zero attached hydrogens (tertiary/aromatic N) is 1. The van der Waals surface area contributed by atoms with E-state index in [1.54, 1.807) is 6.07 Å². The lowest BCUT2D eigenvalue weighted by Gasteiger charge is -2.63. The molecule has 6 unspecified atom stereocenters. The minimum absolute atomic E-state index is 0.185. The zero-order chi connectivity index (χ0) is 16.6. The highest BCUT2D eigenvalue weighted by atomic mass is 16.3. The van der Waals surface area contributed by atoms with Crippen LogP contribution in [0.5, 0.6) is 5.75 Å². The number of aliphatic hydroxyl groups is 2. The molecule has 0 amide bonds. The summed E-state index contributed by atoms with van der Waals surface area (Å²) in [6.07, 6.45) is 1.89. The highest BCUT2D eigenvalue weighted by Gasteiger charge is 2.57. The number of phenols is 1. The van der Waals surface area contributed by atoms with Gasteiger partial charge in [-0.1, -0.05) is 0 Å². The van der Waals surface area contributed by atoms with Crippen molar-refractivity contribution in [3.8, 4) is 5.75 Å². The number of rotatable bonds is 2. The molecule has 3 saturated heterocycles. The van der Waals surface area contributed by atoms with Crippen molar-refractivity contribution in [3.05, 3.63) is 29.5 Å². The van der Waals surface area contributed by atoms with E-state index in [4.69, 9.17) is 0 Å². The predicted molar refractivity (Wildman–Crippen MR) is 90.8 cm³/mol. The van der Waals surface area contributed by atoms with E-state index in [1.165, 1.54) is 11.3 Å². The number of aromatic amines is 1. The minimum Gasteiger partial charge on any atom is -0.508 e. The standard InChI is InChI=1S/C19H24N2O3/c1-9-14(7-22)11-5-18-19-13(6-17(21(9)18)15(11)8-23)12-4-10(24)2-3-16(12)20-19/h2-4,9,11,14-15,17-18,20,22-24H,5-8H2,1H3/t9?,11?,14?,15?,17?,18-/m0/s1. The monoisotopic (exact) mass is 328 g/mol. The SMILES string of the molecule is CC1C(CO)C2C[C@H]3c4[nH]c5ccc(O)cc5c4CC(C2CO)N13. The highest BCUT2D eigenvalue weighted by Crippen LogP contribution is 2.56. The summed E-state index contributed by atoms with van der Waals surface area (Å²) < 4.78 is 0. The van der Waals surface area contributed by atoms with E-state index >= 15 is 0 Å². The number of hydrogen-bond acceptors (Lipinski definition) is 4. The average Bonchev–Trinajstić information content (AvgIpc) is 2.93. The van der Waals surface area contributed by atoms with E-state index in [9.17, 15) is 15.3 Å². The molecule has 128 valence electrons. The number of aliphatic hydroxyl groups excluding tert-OH is 2. The van der Waals surface area contributed by atoms with Crippen LogP contribution in [0.4, 0.5) is 0 Å². The van der Waals surface area contributed by atoms with Gasteiger partial charge >= 0.3 is 0 Å². The van der Waals surface area contributed by atoms with Crippen LogP contribution in [-0.4, -0.2) is 50.5 Å². The van der Waals surface area contributed by atoms with Crippen molar-refractivity contribution in [1.82, 2.24) is 9.88 Å². The van der Waals surface area contributed by atoms with E-state index < -0.39 is 0 Å². The van der Waals surface area contributed by atoms with Gasteiger partial charge in [0.1, 0.15) is 5.75 Å². The topological polar surface area (TPSA) is 79.7 Å². The summed E-state index contributed by atoms with van der Waals surface area (Å²) in [4.78, 5) is 6.13. The fraction of sp³-hybridized carbons (Fsp3) is 0.579. The van der Waals surface area contributed by atoms with Gasteiger partial charge in [-0.2, -0.15) is 0 Å². The Morgan fingerprint density at radius 3 is 2.75 bits per heavy atom. The molecule has 5 heterocycles. The van der Waals surface area contributed by atoms with Crippen molar-refractivity contribution in [2.24, 2.45) is 17.8 Å². The lowest BCUT2D eigenvalue weighted by atomic mass is 9.60. The zero-order valence-electron chi connectivity index (χ0n) is 13.8. The van der Waals surface area contributed by atoms with Crippen LogP contribution in [0.3, 0.4) is 0 Å². The Balaban J connectivity index is 1.68. The second kappa shape index (κ2) is 4.97. The second-order valence-electron chi connectivity index (χ2n) is 7.81. The molecule has 7 atom stereocenters. The largest absolute Gasteiger partial charge is 0.508 e. The molecule has 24 heavy (non-hydrogen) atoms. The second-order valence-corrected chi connectivity index (χ2v) is 7.81. The summed E-state index contributed by atoms with van der Waals surface area (Å²) >= 11 is 0. The quantitative estimate of drug-likeness (QED) is 0.677. The van der Waals surface area contributed by atoms with E-state index in [0.29, 0.717) is 29.8 Å². The predicted octanol–water partition coefficient (Wildman–Crippen LogP) is 1.78. The van der Waals surface area contributed by atoms with Gasteiger partial charge < -0.3 is 20.3 Å². The molecule has 5 nitrogen and oxygen atoms in total. The van der Waals surface area contributed by atoms with Gasteiger partial charge in [0.25, 0.3) is 0 Å². The third-order valence-electron chi connectivity index (χ3n) is 7.01. The molecule has 5 heteroatoms. The van der Waals surface area contributed by atoms with E-state index in [2.05, 4.69) is 16.8 Å². The van der Waals surface area contributed by atoms with Gasteiger partial charge in [-0.05, 0) is 49.4 Å². The Bertz CT molecular complexity index is 801. The van der Waals surface area contributed by atoms with Crippen LogP contribution in [0.2, 0.25) is 0 Å². The number of H-pyrrole nitrogens is 1. The number of aromatic hydroxyl groups is 1. The molecule has 2 aromatic rings. The van der Waals surface area contributed by atoms with Crippen molar-refractivity contribution >= 4 is 10.9 Å². The van der Waals surface area contributed by atoms with Crippen LogP contribution in [0.1, 0.15) is 30.6 Å². The van der Waals surface area contributed by atoms with Crippen LogP contribution in [0, 0.1) is 17.8 Å². The number of aromatic nitrogens is 1. The molecule has 0 saturated carbocycles. The van der Waals surface area contributed by atoms with Crippen molar-refractivity contribution in [2.75, 3.05) is 13.2 Å². The van der Waals surface area contributed by atoms with Crippen LogP contribution in [0.15, 0.2) is 18.2 Å². The normalized spacial score (nSPS) is 40.0. The number of piperidine rings is 3. The number of phenolic OH excluding ortho intramolecular Hbond substituents is 1. The number of benzene rings is 1. The Morgan fingerprint density at radius 2 is 2.00 bits per heavy atom. The van der Waals surface area contributed by atoms with Crippen LogP contribution in [0.25, 0.3) is 10.9 Å². The molecule has 0 aliphatic carbocycles. The average molecular weight is 328 g/mol. The molecule has 0 spiro atoms. The Hall–Kier alpha value is -1.56. The Labute approximate surface area is 140 Å². The molecular weight excluding hydrogens is 304 g/mol. The van der Waals surface area contributed by atoms with Crippen molar-refractivity contribution < 1.29 is 15.3 Å². The summed E-state index contributed by atoms with van der Waals surface area (Å²) in [5.74, 6) is 1.16. The van der Waals surface area contributed by atoms with Gasteiger partial charge in [-0.25, -0.2) is 0 Å². The summed E-state index contributed by atoms with van der Waals surface area (Å²) in [6, 6.07) is 6.52. The van der Waals surface area contributed by atoms with Crippen molar-refractivity contribution in [3.63, 3.8) is 0 Å². The van der Waals surface area contributed by atoms with Crippen molar-refractivity contribution in [2.45, 2.75) is 37.9 Å². The third-order valence-corrected chi connectivity index (χ3v) is 7.01. The number of fused-ring (bicyclic) bond motifs is 4. The fourth-order valence-electron chi connectivity index (χ4n) is 5.99. The van der Waals surface area contributed by atoms with Gasteiger partial charge in [-0.15, -0.1) is 0 Å². The molecule has 1 aromatic heterocycles. The molecule has 0 radical (unpaired) electrons. The van der Waals surface area contributed by atoms with Gasteiger partial charge in [0.15, 0.2) is 0 Å².